The summed E-state index contributed by atoms with van der Waals surface area (Å²) < 4.78 is 40.1. The summed E-state index contributed by atoms with van der Waals surface area (Å²) in [5, 5.41) is 0. The van der Waals surface area contributed by atoms with Crippen LogP contribution < -0.4 is 19.9 Å². The fourth-order valence-corrected chi connectivity index (χ4v) is 1.66. The van der Waals surface area contributed by atoms with E-state index in [-0.39, 0.29) is 12.4 Å². The third-order valence-electron chi connectivity index (χ3n) is 2.57. The van der Waals surface area contributed by atoms with Crippen LogP contribution in [0.2, 0.25) is 0 Å². The molecule has 7 heteroatoms. The van der Waals surface area contributed by atoms with Gasteiger partial charge in [0.1, 0.15) is 5.75 Å². The summed E-state index contributed by atoms with van der Waals surface area (Å²) in [5.74, 6) is 1.29. The van der Waals surface area contributed by atoms with E-state index in [2.05, 4.69) is 0 Å². The van der Waals surface area contributed by atoms with Gasteiger partial charge in [-0.15, -0.1) is 12.4 Å². The molecule has 4 nitrogen and oxygen atoms in total. The summed E-state index contributed by atoms with van der Waals surface area (Å²) in [5.41, 5.74) is 6.20. The van der Waals surface area contributed by atoms with Gasteiger partial charge in [-0.3, -0.25) is 0 Å². The average Bonchev–Trinajstić information content (AvgIpc) is 2.36. The largest absolute Gasteiger partial charge is 0.496 e. The van der Waals surface area contributed by atoms with E-state index in [1.54, 1.807) is 12.1 Å². The van der Waals surface area contributed by atoms with Crippen molar-refractivity contribution in [3.05, 3.63) is 17.7 Å². The number of methoxy groups -OCH3 is 3. The van der Waals surface area contributed by atoms with Gasteiger partial charge >= 0.3 is 0 Å². The highest BCUT2D eigenvalue weighted by molar-refractivity contribution is 5.85. The van der Waals surface area contributed by atoms with Crippen molar-refractivity contribution in [1.29, 1.82) is 0 Å². The second-order valence-corrected chi connectivity index (χ2v) is 3.68. The van der Waals surface area contributed by atoms with Gasteiger partial charge in [-0.05, 0) is 6.07 Å². The third kappa shape index (κ3) is 4.40. The molecule has 0 bridgehead atoms. The second kappa shape index (κ2) is 8.01. The lowest BCUT2D eigenvalue weighted by molar-refractivity contribution is 0.128. The monoisotopic (exact) mass is 297 g/mol. The smallest absolute Gasteiger partial charge is 0.240 e. The second-order valence-electron chi connectivity index (χ2n) is 3.68. The maximum Gasteiger partial charge on any atom is 0.240 e. The number of halogens is 3. The van der Waals surface area contributed by atoms with E-state index in [4.69, 9.17) is 19.9 Å². The summed E-state index contributed by atoms with van der Waals surface area (Å²) in [6.07, 6.45) is -2.91. The average molecular weight is 298 g/mol. The van der Waals surface area contributed by atoms with Crippen molar-refractivity contribution < 1.29 is 23.0 Å². The molecule has 1 aromatic carbocycles. The Morgan fingerprint density at radius 1 is 1.00 bits per heavy atom. The summed E-state index contributed by atoms with van der Waals surface area (Å²) in [7, 11) is 4.39. The van der Waals surface area contributed by atoms with Crippen molar-refractivity contribution in [1.82, 2.24) is 0 Å². The lowest BCUT2D eigenvalue weighted by atomic mass is 10.0. The first-order valence-corrected chi connectivity index (χ1v) is 5.37. The van der Waals surface area contributed by atoms with Gasteiger partial charge in [-0.2, -0.15) is 0 Å². The van der Waals surface area contributed by atoms with E-state index < -0.39 is 18.9 Å². The number of nitrogens with two attached hydrogens (primary N) is 1. The van der Waals surface area contributed by atoms with Gasteiger partial charge < -0.3 is 19.9 Å². The number of ether oxygens (including phenoxy) is 3. The molecule has 0 aliphatic carbocycles. The summed E-state index contributed by atoms with van der Waals surface area (Å²) in [6, 6.07) is 2.31. The maximum atomic E-state index is 12.4. The molecule has 1 rings (SSSR count). The molecule has 110 valence electrons. The van der Waals surface area contributed by atoms with Crippen LogP contribution in [0, 0.1) is 0 Å². The lowest BCUT2D eigenvalue weighted by Crippen LogP contribution is -2.15. The van der Waals surface area contributed by atoms with E-state index in [9.17, 15) is 8.78 Å². The highest BCUT2D eigenvalue weighted by Crippen LogP contribution is 2.38. The van der Waals surface area contributed by atoms with E-state index >= 15 is 0 Å². The van der Waals surface area contributed by atoms with Crippen LogP contribution in [0.15, 0.2) is 12.1 Å². The van der Waals surface area contributed by atoms with E-state index in [0.717, 1.165) is 0 Å². The topological polar surface area (TPSA) is 53.7 Å². The van der Waals surface area contributed by atoms with Crippen LogP contribution in [0.1, 0.15) is 18.0 Å². The van der Waals surface area contributed by atoms with Crippen molar-refractivity contribution in [3.8, 4) is 17.2 Å². The Bertz CT molecular complexity index is 405. The van der Waals surface area contributed by atoms with E-state index in [0.29, 0.717) is 22.8 Å². The first-order valence-electron chi connectivity index (χ1n) is 5.37. The molecular weight excluding hydrogens is 280 g/mol. The summed E-state index contributed by atoms with van der Waals surface area (Å²) >= 11 is 0. The van der Waals surface area contributed by atoms with Crippen LogP contribution >= 0.6 is 12.4 Å². The van der Waals surface area contributed by atoms with Crippen molar-refractivity contribution in [2.45, 2.75) is 18.9 Å². The first-order chi connectivity index (χ1) is 8.53. The predicted octanol–water partition coefficient (Wildman–Crippen LogP) is 2.79. The van der Waals surface area contributed by atoms with E-state index in [1.165, 1.54) is 21.3 Å². The van der Waals surface area contributed by atoms with Crippen molar-refractivity contribution >= 4 is 12.4 Å². The molecule has 19 heavy (non-hydrogen) atoms. The quantitative estimate of drug-likeness (QED) is 0.877. The van der Waals surface area contributed by atoms with Crippen LogP contribution in [0.5, 0.6) is 17.2 Å². The van der Waals surface area contributed by atoms with Crippen molar-refractivity contribution in [2.75, 3.05) is 21.3 Å². The zero-order valence-corrected chi connectivity index (χ0v) is 11.8. The molecule has 0 saturated carbocycles. The molecule has 0 aromatic heterocycles. The van der Waals surface area contributed by atoms with Crippen LogP contribution in [0.3, 0.4) is 0 Å². The van der Waals surface area contributed by atoms with Crippen molar-refractivity contribution in [2.24, 2.45) is 5.73 Å². The molecule has 1 aromatic rings. The molecule has 0 aliphatic rings. The molecule has 0 saturated heterocycles. The molecule has 0 fully saturated rings. The lowest BCUT2D eigenvalue weighted by Gasteiger charge is -2.18. The minimum Gasteiger partial charge on any atom is -0.496 e. The first kappa shape index (κ1) is 17.7. The molecule has 0 spiro atoms. The highest BCUT2D eigenvalue weighted by Gasteiger charge is 2.20. The van der Waals surface area contributed by atoms with Gasteiger partial charge in [0.25, 0.3) is 0 Å². The molecule has 2 N–H and O–H groups in total. The SMILES string of the molecule is COc1cc(OC)c([C@@H](N)CC(F)F)cc1OC.Cl. The Balaban J connectivity index is 0.00000324. The normalized spacial score (nSPS) is 11.7. The van der Waals surface area contributed by atoms with Gasteiger partial charge in [-0.1, -0.05) is 0 Å². The maximum absolute atomic E-state index is 12.4. The van der Waals surface area contributed by atoms with Crippen LogP contribution in [0.4, 0.5) is 8.78 Å². The van der Waals surface area contributed by atoms with Gasteiger partial charge in [0.2, 0.25) is 6.43 Å². The fraction of sp³-hybridized carbons (Fsp3) is 0.500. The molecule has 0 heterocycles. The highest BCUT2D eigenvalue weighted by atomic mass is 35.5. The Kier molecular flexibility index (Phi) is 7.48. The zero-order chi connectivity index (χ0) is 13.7. The number of benzene rings is 1. The van der Waals surface area contributed by atoms with Gasteiger partial charge in [-0.25, -0.2) is 8.78 Å². The standard InChI is InChI=1S/C12H17F2NO3.ClH/c1-16-9-6-11(18-3)10(17-2)4-7(9)8(15)5-12(13)14;/h4,6,8,12H,5,15H2,1-3H3;1H/t8-;/m0./s1. The van der Waals surface area contributed by atoms with Gasteiger partial charge in [0.15, 0.2) is 11.5 Å². The fourth-order valence-electron chi connectivity index (χ4n) is 1.66. The summed E-state index contributed by atoms with van der Waals surface area (Å²) in [6.45, 7) is 0. The van der Waals surface area contributed by atoms with Gasteiger partial charge in [0.05, 0.1) is 21.3 Å². The van der Waals surface area contributed by atoms with Gasteiger partial charge in [0, 0.05) is 24.1 Å². The van der Waals surface area contributed by atoms with Crippen molar-refractivity contribution in [3.63, 3.8) is 0 Å². The Morgan fingerprint density at radius 2 is 1.47 bits per heavy atom. The Labute approximate surface area is 117 Å². The Morgan fingerprint density at radius 3 is 1.89 bits per heavy atom. The zero-order valence-electron chi connectivity index (χ0n) is 11.0. The minimum absolute atomic E-state index is 0. The third-order valence-corrected chi connectivity index (χ3v) is 2.57. The van der Waals surface area contributed by atoms with Crippen LogP contribution in [-0.2, 0) is 0 Å². The number of hydrogen-bond acceptors (Lipinski definition) is 4. The van der Waals surface area contributed by atoms with Crippen LogP contribution in [0.25, 0.3) is 0 Å². The minimum atomic E-state index is -2.47. The molecule has 0 amide bonds. The van der Waals surface area contributed by atoms with E-state index in [1.807, 2.05) is 0 Å². The Hall–Kier alpha value is -1.27. The molecule has 1 atom stereocenters. The number of alkyl halides is 2. The summed E-state index contributed by atoms with van der Waals surface area (Å²) in [4.78, 5) is 0. The molecule has 0 unspecified atom stereocenters. The number of hydrogen-bond donors (Lipinski definition) is 1. The number of rotatable bonds is 6. The molecule has 0 radical (unpaired) electrons. The van der Waals surface area contributed by atoms with Crippen LogP contribution in [-0.4, -0.2) is 27.8 Å². The molecule has 0 aliphatic heterocycles. The predicted molar refractivity (Wildman–Crippen MR) is 70.9 cm³/mol. The molecular formula is C12H18ClF2NO3.